The van der Waals surface area contributed by atoms with Crippen LogP contribution >= 0.6 is 9.47 Å². The first kappa shape index (κ1) is 8.39. The second-order valence-electron chi connectivity index (χ2n) is 3.18. The van der Waals surface area contributed by atoms with E-state index < -0.39 is 0 Å². The lowest BCUT2D eigenvalue weighted by Crippen LogP contribution is -2.06. The number of hydrogen-bond donors (Lipinski definition) is 0. The van der Waals surface area contributed by atoms with Crippen LogP contribution in [-0.4, -0.2) is 6.61 Å². The van der Waals surface area contributed by atoms with E-state index in [1.54, 1.807) is 0 Å². The molecule has 0 aromatic heterocycles. The van der Waals surface area contributed by atoms with Gasteiger partial charge in [0.25, 0.3) is 0 Å². The molecule has 0 fully saturated rings. The summed E-state index contributed by atoms with van der Waals surface area (Å²) in [6.07, 6.45) is 1.12. The van der Waals surface area contributed by atoms with Crippen molar-refractivity contribution in [2.24, 2.45) is 5.41 Å². The molecular weight excluding hydrogens is 119 g/mol. The van der Waals surface area contributed by atoms with Crippen LogP contribution in [-0.2, 0) is 4.52 Å². The van der Waals surface area contributed by atoms with Gasteiger partial charge in [-0.05, 0) is 11.8 Å². The average molecular weight is 134 g/mol. The maximum absolute atomic E-state index is 4.83. The Balaban J connectivity index is 3.11. The van der Waals surface area contributed by atoms with Crippen LogP contribution in [0.5, 0.6) is 0 Å². The zero-order valence-electron chi connectivity index (χ0n) is 5.90. The van der Waals surface area contributed by atoms with Gasteiger partial charge in [0.15, 0.2) is 0 Å². The van der Waals surface area contributed by atoms with Crippen LogP contribution < -0.4 is 0 Å². The molecule has 0 aliphatic rings. The van der Waals surface area contributed by atoms with Crippen molar-refractivity contribution in [3.63, 3.8) is 0 Å². The predicted octanol–water partition coefficient (Wildman–Crippen LogP) is 2.23. The van der Waals surface area contributed by atoms with E-state index in [9.17, 15) is 0 Å². The molecule has 50 valence electrons. The standard InChI is InChI=1S/C6H15OP/c1-6(2,3)4-5-7-8/h4-5,8H2,1-3H3. The van der Waals surface area contributed by atoms with Crippen LogP contribution in [0.25, 0.3) is 0 Å². The van der Waals surface area contributed by atoms with Crippen molar-refractivity contribution < 1.29 is 4.52 Å². The van der Waals surface area contributed by atoms with E-state index in [2.05, 4.69) is 30.2 Å². The third-order valence-corrected chi connectivity index (χ3v) is 1.21. The molecule has 2 heteroatoms. The first-order valence-corrected chi connectivity index (χ1v) is 3.35. The third kappa shape index (κ3) is 6.39. The fraction of sp³-hybridized carbons (Fsp3) is 1.00. The zero-order chi connectivity index (χ0) is 6.62. The number of hydrogen-bond acceptors (Lipinski definition) is 1. The summed E-state index contributed by atoms with van der Waals surface area (Å²) in [5.41, 5.74) is 0.413. The maximum atomic E-state index is 4.83. The van der Waals surface area contributed by atoms with E-state index in [-0.39, 0.29) is 0 Å². The fourth-order valence-electron chi connectivity index (χ4n) is 0.365. The van der Waals surface area contributed by atoms with E-state index in [1.165, 1.54) is 0 Å². The summed E-state index contributed by atoms with van der Waals surface area (Å²) < 4.78 is 4.83. The highest BCUT2D eigenvalue weighted by atomic mass is 31.0. The first-order chi connectivity index (χ1) is 3.56. The minimum atomic E-state index is 0.413. The minimum absolute atomic E-state index is 0.413. The molecule has 0 bridgehead atoms. The van der Waals surface area contributed by atoms with Gasteiger partial charge in [-0.25, -0.2) is 0 Å². The molecular formula is C6H15OP. The molecule has 0 rings (SSSR count). The lowest BCUT2D eigenvalue weighted by Gasteiger charge is -2.16. The predicted molar refractivity (Wildman–Crippen MR) is 39.7 cm³/mol. The van der Waals surface area contributed by atoms with Gasteiger partial charge < -0.3 is 4.52 Å². The van der Waals surface area contributed by atoms with Crippen LogP contribution in [0.4, 0.5) is 0 Å². The SMILES string of the molecule is CC(C)(C)CCOP. The summed E-state index contributed by atoms with van der Waals surface area (Å²) in [6.45, 7) is 7.46. The molecule has 0 saturated carbocycles. The molecule has 0 heterocycles. The third-order valence-electron chi connectivity index (χ3n) is 0.970. The quantitative estimate of drug-likeness (QED) is 0.526. The van der Waals surface area contributed by atoms with Crippen molar-refractivity contribution in [2.75, 3.05) is 6.61 Å². The van der Waals surface area contributed by atoms with Gasteiger partial charge >= 0.3 is 0 Å². The summed E-state index contributed by atoms with van der Waals surface area (Å²) >= 11 is 0. The molecule has 0 aliphatic carbocycles. The van der Waals surface area contributed by atoms with Crippen LogP contribution in [0.3, 0.4) is 0 Å². The Morgan fingerprint density at radius 1 is 1.38 bits per heavy atom. The lowest BCUT2D eigenvalue weighted by molar-refractivity contribution is 0.270. The lowest BCUT2D eigenvalue weighted by atomic mass is 9.93. The Hall–Kier alpha value is 0.390. The molecule has 0 aliphatic heterocycles. The van der Waals surface area contributed by atoms with Gasteiger partial charge in [-0.2, -0.15) is 0 Å². The summed E-state index contributed by atoms with van der Waals surface area (Å²) in [4.78, 5) is 0. The Morgan fingerprint density at radius 3 is 2.00 bits per heavy atom. The van der Waals surface area contributed by atoms with Gasteiger partial charge in [-0.15, -0.1) is 0 Å². The van der Waals surface area contributed by atoms with Gasteiger partial charge in [0.05, 0.1) is 6.61 Å². The summed E-state index contributed by atoms with van der Waals surface area (Å²) in [7, 11) is 2.26. The van der Waals surface area contributed by atoms with E-state index in [4.69, 9.17) is 4.52 Å². The van der Waals surface area contributed by atoms with Crippen molar-refractivity contribution >= 4 is 9.47 Å². The highest BCUT2D eigenvalue weighted by molar-refractivity contribution is 7.09. The highest BCUT2D eigenvalue weighted by Gasteiger charge is 2.07. The van der Waals surface area contributed by atoms with Crippen molar-refractivity contribution in [3.8, 4) is 0 Å². The Labute approximate surface area is 54.1 Å². The Morgan fingerprint density at radius 2 is 1.88 bits per heavy atom. The summed E-state index contributed by atoms with van der Waals surface area (Å²) in [5, 5.41) is 0. The summed E-state index contributed by atoms with van der Waals surface area (Å²) in [5.74, 6) is 0. The van der Waals surface area contributed by atoms with Gasteiger partial charge in [0.2, 0.25) is 0 Å². The fourth-order valence-corrected chi connectivity index (χ4v) is 0.483. The Bertz CT molecular complexity index is 56.0. The maximum Gasteiger partial charge on any atom is 0.0506 e. The monoisotopic (exact) mass is 134 g/mol. The molecule has 0 spiro atoms. The largest absolute Gasteiger partial charge is 0.366 e. The molecule has 0 radical (unpaired) electrons. The molecule has 8 heavy (non-hydrogen) atoms. The average Bonchev–Trinajstić information content (AvgIpc) is 1.59. The second kappa shape index (κ2) is 3.42. The van der Waals surface area contributed by atoms with E-state index in [0.717, 1.165) is 13.0 Å². The molecule has 0 aromatic carbocycles. The Kier molecular flexibility index (Phi) is 3.59. The number of rotatable bonds is 2. The van der Waals surface area contributed by atoms with Gasteiger partial charge in [0, 0.05) is 9.47 Å². The van der Waals surface area contributed by atoms with Crippen molar-refractivity contribution in [2.45, 2.75) is 27.2 Å². The van der Waals surface area contributed by atoms with Crippen LogP contribution in [0.2, 0.25) is 0 Å². The molecule has 0 amide bonds. The van der Waals surface area contributed by atoms with Crippen LogP contribution in [0.15, 0.2) is 0 Å². The topological polar surface area (TPSA) is 9.23 Å². The van der Waals surface area contributed by atoms with Crippen LogP contribution in [0.1, 0.15) is 27.2 Å². The highest BCUT2D eigenvalue weighted by Crippen LogP contribution is 2.18. The van der Waals surface area contributed by atoms with Crippen molar-refractivity contribution in [1.82, 2.24) is 0 Å². The van der Waals surface area contributed by atoms with Gasteiger partial charge in [-0.1, -0.05) is 20.8 Å². The van der Waals surface area contributed by atoms with E-state index >= 15 is 0 Å². The van der Waals surface area contributed by atoms with Crippen LogP contribution in [0, 0.1) is 5.41 Å². The molecule has 1 atom stereocenters. The van der Waals surface area contributed by atoms with Gasteiger partial charge in [-0.3, -0.25) is 0 Å². The molecule has 1 nitrogen and oxygen atoms in total. The molecule has 1 unspecified atom stereocenters. The van der Waals surface area contributed by atoms with E-state index in [0.29, 0.717) is 5.41 Å². The normalized spacial score (nSPS) is 12.0. The molecule has 0 saturated heterocycles. The van der Waals surface area contributed by atoms with E-state index in [1.807, 2.05) is 0 Å². The smallest absolute Gasteiger partial charge is 0.0506 e. The minimum Gasteiger partial charge on any atom is -0.366 e. The van der Waals surface area contributed by atoms with Gasteiger partial charge in [0.1, 0.15) is 0 Å². The first-order valence-electron chi connectivity index (χ1n) is 2.88. The zero-order valence-corrected chi connectivity index (χ0v) is 7.05. The van der Waals surface area contributed by atoms with Crippen molar-refractivity contribution in [3.05, 3.63) is 0 Å². The molecule has 0 N–H and O–H groups in total. The molecule has 0 aromatic rings. The second-order valence-corrected chi connectivity index (χ2v) is 3.51. The van der Waals surface area contributed by atoms with Crippen molar-refractivity contribution in [1.29, 1.82) is 0 Å². The summed E-state index contributed by atoms with van der Waals surface area (Å²) in [6, 6.07) is 0.